The number of nitrogens with one attached hydrogen (secondary N) is 1. The van der Waals surface area contributed by atoms with Crippen LogP contribution in [0, 0.1) is 5.41 Å². The zero-order valence-electron chi connectivity index (χ0n) is 12.8. The Morgan fingerprint density at radius 2 is 1.75 bits per heavy atom. The molecule has 4 nitrogen and oxygen atoms in total. The third-order valence-corrected chi connectivity index (χ3v) is 3.27. The minimum atomic E-state index is -1.07. The van der Waals surface area contributed by atoms with Crippen molar-refractivity contribution in [2.24, 2.45) is 5.41 Å². The van der Waals surface area contributed by atoms with Crippen molar-refractivity contribution in [2.45, 2.75) is 34.1 Å². The van der Waals surface area contributed by atoms with E-state index in [2.05, 4.69) is 5.32 Å². The fourth-order valence-electron chi connectivity index (χ4n) is 1.95. The van der Waals surface area contributed by atoms with Crippen molar-refractivity contribution in [3.05, 3.63) is 30.3 Å². The first-order valence-electron chi connectivity index (χ1n) is 7.10. The Hall–Kier alpha value is -1.84. The highest BCUT2D eigenvalue weighted by Crippen LogP contribution is 2.24. The van der Waals surface area contributed by atoms with Crippen LogP contribution in [0.5, 0.6) is 0 Å². The highest BCUT2D eigenvalue weighted by Gasteiger charge is 2.38. The number of hydrogen-bond acceptors (Lipinski definition) is 2. The molecule has 0 aromatic heterocycles. The Morgan fingerprint density at radius 3 is 2.25 bits per heavy atom. The molecule has 0 heterocycles. The number of nitrogens with zero attached hydrogens (tertiary/aromatic N) is 1. The van der Waals surface area contributed by atoms with Crippen LogP contribution in [0.3, 0.4) is 0 Å². The van der Waals surface area contributed by atoms with Crippen molar-refractivity contribution in [1.82, 2.24) is 5.32 Å². The average molecular weight is 276 g/mol. The van der Waals surface area contributed by atoms with Gasteiger partial charge in [0.05, 0.1) is 0 Å². The normalized spacial score (nSPS) is 11.0. The van der Waals surface area contributed by atoms with Gasteiger partial charge in [-0.3, -0.25) is 9.59 Å². The molecule has 1 aromatic carbocycles. The second-order valence-corrected chi connectivity index (χ2v) is 5.27. The molecule has 1 rings (SSSR count). The Kier molecular flexibility index (Phi) is 5.74. The van der Waals surface area contributed by atoms with Crippen molar-refractivity contribution in [3.8, 4) is 0 Å². The van der Waals surface area contributed by atoms with Crippen molar-refractivity contribution >= 4 is 17.5 Å². The highest BCUT2D eigenvalue weighted by atomic mass is 16.2. The highest BCUT2D eigenvalue weighted by molar-refractivity contribution is 6.10. The fourth-order valence-corrected chi connectivity index (χ4v) is 1.95. The molecule has 0 fully saturated rings. The molecule has 1 N–H and O–H groups in total. The second-order valence-electron chi connectivity index (χ2n) is 5.27. The predicted octanol–water partition coefficient (Wildman–Crippen LogP) is 2.59. The Labute approximate surface area is 121 Å². The van der Waals surface area contributed by atoms with Crippen LogP contribution >= 0.6 is 0 Å². The van der Waals surface area contributed by atoms with Crippen LogP contribution < -0.4 is 10.2 Å². The largest absolute Gasteiger partial charge is 0.355 e. The predicted molar refractivity (Wildman–Crippen MR) is 81.6 cm³/mol. The number of anilines is 1. The standard InChI is InChI=1S/C16H24N2O2/c1-5-12-17-14(19)16(3,4)15(20)18(6-2)13-10-8-7-9-11-13/h7-11H,5-6,12H2,1-4H3,(H,17,19). The van der Waals surface area contributed by atoms with Gasteiger partial charge in [0.15, 0.2) is 0 Å². The van der Waals surface area contributed by atoms with E-state index in [0.29, 0.717) is 13.1 Å². The molecule has 0 aliphatic rings. The van der Waals surface area contributed by atoms with E-state index in [0.717, 1.165) is 12.1 Å². The molecular formula is C16H24N2O2. The van der Waals surface area contributed by atoms with Crippen LogP contribution in [-0.4, -0.2) is 24.9 Å². The van der Waals surface area contributed by atoms with E-state index in [1.165, 1.54) is 0 Å². The first-order valence-corrected chi connectivity index (χ1v) is 7.10. The lowest BCUT2D eigenvalue weighted by atomic mass is 9.90. The van der Waals surface area contributed by atoms with Crippen molar-refractivity contribution in [1.29, 1.82) is 0 Å². The second kappa shape index (κ2) is 7.08. The topological polar surface area (TPSA) is 49.4 Å². The van der Waals surface area contributed by atoms with E-state index in [1.54, 1.807) is 18.7 Å². The Balaban J connectivity index is 2.93. The number of carbonyl (C=O) groups excluding carboxylic acids is 2. The molecule has 110 valence electrons. The lowest BCUT2D eigenvalue weighted by molar-refractivity contribution is -0.139. The van der Waals surface area contributed by atoms with Crippen molar-refractivity contribution in [2.75, 3.05) is 18.0 Å². The fraction of sp³-hybridized carbons (Fsp3) is 0.500. The summed E-state index contributed by atoms with van der Waals surface area (Å²) in [5.74, 6) is -0.404. The Morgan fingerprint density at radius 1 is 1.15 bits per heavy atom. The van der Waals surface area contributed by atoms with Crippen LogP contribution in [0.2, 0.25) is 0 Å². The summed E-state index contributed by atoms with van der Waals surface area (Å²) in [6.45, 7) is 8.36. The van der Waals surface area contributed by atoms with Gasteiger partial charge in [0.2, 0.25) is 11.8 Å². The summed E-state index contributed by atoms with van der Waals surface area (Å²) in [6, 6.07) is 9.43. The summed E-state index contributed by atoms with van der Waals surface area (Å²) >= 11 is 0. The molecule has 2 amide bonds. The number of para-hydroxylation sites is 1. The van der Waals surface area contributed by atoms with Crippen LogP contribution in [0.1, 0.15) is 34.1 Å². The molecule has 20 heavy (non-hydrogen) atoms. The first kappa shape index (κ1) is 16.2. The molecule has 0 radical (unpaired) electrons. The molecule has 0 bridgehead atoms. The zero-order valence-corrected chi connectivity index (χ0v) is 12.8. The smallest absolute Gasteiger partial charge is 0.242 e. The maximum absolute atomic E-state index is 12.7. The number of amides is 2. The molecule has 0 saturated heterocycles. The maximum atomic E-state index is 12.7. The van der Waals surface area contributed by atoms with Gasteiger partial charge in [-0.1, -0.05) is 25.1 Å². The summed E-state index contributed by atoms with van der Waals surface area (Å²) in [5, 5.41) is 2.80. The van der Waals surface area contributed by atoms with Gasteiger partial charge in [0.1, 0.15) is 5.41 Å². The minimum Gasteiger partial charge on any atom is -0.355 e. The number of benzene rings is 1. The van der Waals surface area contributed by atoms with Gasteiger partial charge in [-0.05, 0) is 39.3 Å². The zero-order chi connectivity index (χ0) is 15.2. The van der Waals surface area contributed by atoms with E-state index < -0.39 is 5.41 Å². The average Bonchev–Trinajstić information content (AvgIpc) is 2.46. The molecule has 0 aliphatic carbocycles. The van der Waals surface area contributed by atoms with E-state index in [1.807, 2.05) is 44.2 Å². The quantitative estimate of drug-likeness (QED) is 0.812. The summed E-state index contributed by atoms with van der Waals surface area (Å²) in [4.78, 5) is 26.5. The molecule has 4 heteroatoms. The summed E-state index contributed by atoms with van der Waals surface area (Å²) in [6.07, 6.45) is 0.853. The molecule has 0 atom stereocenters. The lowest BCUT2D eigenvalue weighted by Gasteiger charge is -2.30. The number of rotatable bonds is 6. The van der Waals surface area contributed by atoms with Crippen molar-refractivity contribution < 1.29 is 9.59 Å². The molecule has 0 aliphatic heterocycles. The summed E-state index contributed by atoms with van der Waals surface area (Å²) in [7, 11) is 0. The van der Waals surface area contributed by atoms with Crippen LogP contribution in [0.25, 0.3) is 0 Å². The van der Waals surface area contributed by atoms with Gasteiger partial charge >= 0.3 is 0 Å². The molecule has 0 unspecified atom stereocenters. The van der Waals surface area contributed by atoms with E-state index in [9.17, 15) is 9.59 Å². The van der Waals surface area contributed by atoms with Crippen LogP contribution in [0.4, 0.5) is 5.69 Å². The molecule has 0 spiro atoms. The van der Waals surface area contributed by atoms with Crippen LogP contribution in [-0.2, 0) is 9.59 Å². The monoisotopic (exact) mass is 276 g/mol. The SMILES string of the molecule is CCCNC(=O)C(C)(C)C(=O)N(CC)c1ccccc1. The van der Waals surface area contributed by atoms with Gasteiger partial charge in [0.25, 0.3) is 0 Å². The van der Waals surface area contributed by atoms with Gasteiger partial charge in [0, 0.05) is 18.8 Å². The number of hydrogen-bond donors (Lipinski definition) is 1. The third kappa shape index (κ3) is 3.59. The summed E-state index contributed by atoms with van der Waals surface area (Å²) in [5.41, 5.74) is -0.252. The van der Waals surface area contributed by atoms with Gasteiger partial charge in [-0.15, -0.1) is 0 Å². The molecular weight excluding hydrogens is 252 g/mol. The third-order valence-electron chi connectivity index (χ3n) is 3.27. The van der Waals surface area contributed by atoms with Gasteiger partial charge < -0.3 is 10.2 Å². The van der Waals surface area contributed by atoms with E-state index >= 15 is 0 Å². The summed E-state index contributed by atoms with van der Waals surface area (Å²) < 4.78 is 0. The molecule has 0 saturated carbocycles. The number of carbonyl (C=O) groups is 2. The lowest BCUT2D eigenvalue weighted by Crippen LogP contribution is -2.49. The van der Waals surface area contributed by atoms with E-state index in [4.69, 9.17) is 0 Å². The first-order chi connectivity index (χ1) is 9.45. The van der Waals surface area contributed by atoms with Crippen molar-refractivity contribution in [3.63, 3.8) is 0 Å². The Bertz CT molecular complexity index is 455. The van der Waals surface area contributed by atoms with Gasteiger partial charge in [-0.2, -0.15) is 0 Å². The molecule has 1 aromatic rings. The minimum absolute atomic E-state index is 0.181. The van der Waals surface area contributed by atoms with Crippen LogP contribution in [0.15, 0.2) is 30.3 Å². The van der Waals surface area contributed by atoms with E-state index in [-0.39, 0.29) is 11.8 Å². The van der Waals surface area contributed by atoms with Gasteiger partial charge in [-0.25, -0.2) is 0 Å². The maximum Gasteiger partial charge on any atom is 0.242 e.